The summed E-state index contributed by atoms with van der Waals surface area (Å²) >= 11 is 0. The van der Waals surface area contributed by atoms with Crippen LogP contribution in [-0.2, 0) is 0 Å². The van der Waals surface area contributed by atoms with Gasteiger partial charge in [0.25, 0.3) is 0 Å². The first-order chi connectivity index (χ1) is 4.83. The maximum atomic E-state index is 5.30. The predicted octanol–water partition coefficient (Wildman–Crippen LogP) is 0.801. The lowest BCUT2D eigenvalue weighted by Crippen LogP contribution is -2.29. The SMILES string of the molecule is CN1CCC(/C=C\N)CC1. The molecular formula is C8H16N2. The summed E-state index contributed by atoms with van der Waals surface area (Å²) in [5.41, 5.74) is 5.30. The van der Waals surface area contributed by atoms with Gasteiger partial charge in [-0.15, -0.1) is 0 Å². The van der Waals surface area contributed by atoms with Gasteiger partial charge in [-0.25, -0.2) is 0 Å². The van der Waals surface area contributed by atoms with Crippen molar-refractivity contribution < 1.29 is 0 Å². The van der Waals surface area contributed by atoms with Crippen LogP contribution in [0.25, 0.3) is 0 Å². The quantitative estimate of drug-likeness (QED) is 0.583. The Labute approximate surface area is 62.7 Å². The number of likely N-dealkylation sites (tertiary alicyclic amines) is 1. The lowest BCUT2D eigenvalue weighted by atomic mass is 9.97. The zero-order chi connectivity index (χ0) is 7.40. The van der Waals surface area contributed by atoms with E-state index in [4.69, 9.17) is 5.73 Å². The maximum absolute atomic E-state index is 5.30. The molecule has 0 spiro atoms. The highest BCUT2D eigenvalue weighted by Gasteiger charge is 2.12. The van der Waals surface area contributed by atoms with E-state index in [-0.39, 0.29) is 0 Å². The molecule has 0 aliphatic carbocycles. The molecule has 0 aromatic rings. The molecular weight excluding hydrogens is 124 g/mol. The van der Waals surface area contributed by atoms with E-state index in [1.54, 1.807) is 6.20 Å². The topological polar surface area (TPSA) is 29.3 Å². The number of rotatable bonds is 1. The molecule has 0 saturated carbocycles. The van der Waals surface area contributed by atoms with Gasteiger partial charge in [0.15, 0.2) is 0 Å². The van der Waals surface area contributed by atoms with E-state index in [0.717, 1.165) is 5.92 Å². The molecule has 0 unspecified atom stereocenters. The largest absolute Gasteiger partial charge is 0.405 e. The van der Waals surface area contributed by atoms with E-state index in [2.05, 4.69) is 18.0 Å². The van der Waals surface area contributed by atoms with Crippen molar-refractivity contribution in [3.8, 4) is 0 Å². The van der Waals surface area contributed by atoms with Gasteiger partial charge in [-0.05, 0) is 45.1 Å². The van der Waals surface area contributed by atoms with E-state index in [1.165, 1.54) is 25.9 Å². The van der Waals surface area contributed by atoms with Crippen molar-refractivity contribution in [3.63, 3.8) is 0 Å². The van der Waals surface area contributed by atoms with Crippen LogP contribution in [0, 0.1) is 5.92 Å². The molecule has 1 aliphatic rings. The normalized spacial score (nSPS) is 24.1. The van der Waals surface area contributed by atoms with Crippen LogP contribution in [0.4, 0.5) is 0 Å². The molecule has 0 aromatic carbocycles. The third-order valence-corrected chi connectivity index (χ3v) is 2.15. The number of piperidine rings is 1. The molecule has 2 nitrogen and oxygen atoms in total. The molecule has 2 N–H and O–H groups in total. The van der Waals surface area contributed by atoms with Crippen molar-refractivity contribution in [1.29, 1.82) is 0 Å². The zero-order valence-electron chi connectivity index (χ0n) is 6.59. The summed E-state index contributed by atoms with van der Waals surface area (Å²) in [5.74, 6) is 0.737. The van der Waals surface area contributed by atoms with Gasteiger partial charge in [0, 0.05) is 0 Å². The summed E-state index contributed by atoms with van der Waals surface area (Å²) in [6, 6.07) is 0. The monoisotopic (exact) mass is 140 g/mol. The minimum absolute atomic E-state index is 0.737. The highest BCUT2D eigenvalue weighted by molar-refractivity contribution is 4.87. The predicted molar refractivity (Wildman–Crippen MR) is 43.5 cm³/mol. The molecule has 1 aliphatic heterocycles. The Morgan fingerprint density at radius 3 is 2.50 bits per heavy atom. The van der Waals surface area contributed by atoms with Gasteiger partial charge >= 0.3 is 0 Å². The minimum Gasteiger partial charge on any atom is -0.405 e. The fraction of sp³-hybridized carbons (Fsp3) is 0.750. The Hall–Kier alpha value is -0.500. The highest BCUT2D eigenvalue weighted by Crippen LogP contribution is 2.16. The first kappa shape index (κ1) is 7.61. The van der Waals surface area contributed by atoms with Crippen LogP contribution in [0.1, 0.15) is 12.8 Å². The molecule has 0 bridgehead atoms. The van der Waals surface area contributed by atoms with E-state index in [1.807, 2.05) is 0 Å². The first-order valence-electron chi connectivity index (χ1n) is 3.90. The average molecular weight is 140 g/mol. The summed E-state index contributed by atoms with van der Waals surface area (Å²) in [5, 5.41) is 0. The van der Waals surface area contributed by atoms with Crippen LogP contribution < -0.4 is 5.73 Å². The van der Waals surface area contributed by atoms with Gasteiger partial charge in [0.05, 0.1) is 0 Å². The summed E-state index contributed by atoms with van der Waals surface area (Å²) in [4.78, 5) is 2.36. The Morgan fingerprint density at radius 2 is 2.00 bits per heavy atom. The van der Waals surface area contributed by atoms with Gasteiger partial charge in [-0.1, -0.05) is 6.08 Å². The maximum Gasteiger partial charge on any atom is -0.00162 e. The third kappa shape index (κ3) is 2.03. The number of hydrogen-bond acceptors (Lipinski definition) is 2. The van der Waals surface area contributed by atoms with Crippen LogP contribution >= 0.6 is 0 Å². The van der Waals surface area contributed by atoms with Crippen LogP contribution in [-0.4, -0.2) is 25.0 Å². The number of nitrogens with two attached hydrogens (primary N) is 1. The Bertz CT molecular complexity index is 112. The van der Waals surface area contributed by atoms with Crippen molar-refractivity contribution in [3.05, 3.63) is 12.3 Å². The molecule has 0 amide bonds. The molecule has 2 heteroatoms. The standard InChI is InChI=1S/C8H16N2/c1-10-6-3-8(2-5-9)4-7-10/h2,5,8H,3-4,6-7,9H2,1H3/b5-2-. The smallest absolute Gasteiger partial charge is 0.00162 e. The van der Waals surface area contributed by atoms with Gasteiger partial charge < -0.3 is 10.6 Å². The number of allylic oxidation sites excluding steroid dienone is 1. The van der Waals surface area contributed by atoms with Crippen LogP contribution in [0.15, 0.2) is 12.3 Å². The molecule has 0 radical (unpaired) electrons. The van der Waals surface area contributed by atoms with E-state index in [9.17, 15) is 0 Å². The average Bonchev–Trinajstić information content (AvgIpc) is 1.95. The van der Waals surface area contributed by atoms with Gasteiger partial charge in [-0.3, -0.25) is 0 Å². The second-order valence-electron chi connectivity index (χ2n) is 3.03. The molecule has 58 valence electrons. The molecule has 0 aromatic heterocycles. The lowest BCUT2D eigenvalue weighted by molar-refractivity contribution is 0.244. The molecule has 1 saturated heterocycles. The second kappa shape index (κ2) is 3.62. The van der Waals surface area contributed by atoms with Crippen molar-refractivity contribution in [2.24, 2.45) is 11.7 Å². The van der Waals surface area contributed by atoms with E-state index in [0.29, 0.717) is 0 Å². The van der Waals surface area contributed by atoms with Gasteiger partial charge in [0.1, 0.15) is 0 Å². The van der Waals surface area contributed by atoms with Crippen molar-refractivity contribution >= 4 is 0 Å². The highest BCUT2D eigenvalue weighted by atomic mass is 15.1. The fourth-order valence-corrected chi connectivity index (χ4v) is 1.38. The van der Waals surface area contributed by atoms with Crippen molar-refractivity contribution in [2.45, 2.75) is 12.8 Å². The Balaban J connectivity index is 2.26. The third-order valence-electron chi connectivity index (χ3n) is 2.15. The van der Waals surface area contributed by atoms with Crippen molar-refractivity contribution in [1.82, 2.24) is 4.90 Å². The molecule has 1 heterocycles. The van der Waals surface area contributed by atoms with Gasteiger partial charge in [0.2, 0.25) is 0 Å². The number of hydrogen-bond donors (Lipinski definition) is 1. The van der Waals surface area contributed by atoms with E-state index >= 15 is 0 Å². The minimum atomic E-state index is 0.737. The summed E-state index contributed by atoms with van der Waals surface area (Å²) in [6.45, 7) is 2.43. The van der Waals surface area contributed by atoms with Crippen LogP contribution in [0.2, 0.25) is 0 Å². The number of nitrogens with zero attached hydrogens (tertiary/aromatic N) is 1. The van der Waals surface area contributed by atoms with Crippen LogP contribution in [0.5, 0.6) is 0 Å². The van der Waals surface area contributed by atoms with E-state index < -0.39 is 0 Å². The first-order valence-corrected chi connectivity index (χ1v) is 3.90. The Kier molecular flexibility index (Phi) is 2.75. The summed E-state index contributed by atoms with van der Waals surface area (Å²) in [7, 11) is 2.17. The zero-order valence-corrected chi connectivity index (χ0v) is 6.59. The van der Waals surface area contributed by atoms with Crippen molar-refractivity contribution in [2.75, 3.05) is 20.1 Å². The molecule has 1 fully saturated rings. The fourth-order valence-electron chi connectivity index (χ4n) is 1.38. The summed E-state index contributed by atoms with van der Waals surface area (Å²) in [6.07, 6.45) is 6.33. The molecule has 0 atom stereocenters. The van der Waals surface area contributed by atoms with Gasteiger partial charge in [-0.2, -0.15) is 0 Å². The lowest BCUT2D eigenvalue weighted by Gasteiger charge is -2.26. The Morgan fingerprint density at radius 1 is 1.40 bits per heavy atom. The molecule has 10 heavy (non-hydrogen) atoms. The second-order valence-corrected chi connectivity index (χ2v) is 3.03. The summed E-state index contributed by atoms with van der Waals surface area (Å²) < 4.78 is 0. The van der Waals surface area contributed by atoms with Crippen LogP contribution in [0.3, 0.4) is 0 Å². The molecule has 1 rings (SSSR count).